The van der Waals surface area contributed by atoms with Gasteiger partial charge in [0.05, 0.1) is 12.2 Å². The highest BCUT2D eigenvalue weighted by Crippen LogP contribution is 2.30. The number of hydrogen-bond donors (Lipinski definition) is 0. The van der Waals surface area contributed by atoms with Crippen LogP contribution in [0.4, 0.5) is 0 Å². The van der Waals surface area contributed by atoms with E-state index in [2.05, 4.69) is 30.0 Å². The van der Waals surface area contributed by atoms with Gasteiger partial charge in [0.15, 0.2) is 0 Å². The molecule has 0 aromatic heterocycles. The van der Waals surface area contributed by atoms with E-state index in [4.69, 9.17) is 4.74 Å². The molecule has 0 amide bonds. The third-order valence-corrected chi connectivity index (χ3v) is 4.86. The lowest BCUT2D eigenvalue weighted by Gasteiger charge is -2.14. The van der Waals surface area contributed by atoms with Gasteiger partial charge in [-0.1, -0.05) is 11.8 Å². The summed E-state index contributed by atoms with van der Waals surface area (Å²) in [5.41, 5.74) is 3.90. The van der Waals surface area contributed by atoms with Crippen LogP contribution in [0.5, 0.6) is 0 Å². The first-order valence-electron chi connectivity index (χ1n) is 7.81. The summed E-state index contributed by atoms with van der Waals surface area (Å²) in [6, 6.07) is 13.7. The fourth-order valence-corrected chi connectivity index (χ4v) is 3.51. The molecule has 1 aliphatic heterocycles. The largest absolute Gasteiger partial charge is 0.462 e. The Bertz CT molecular complexity index is 766. The maximum Gasteiger partial charge on any atom is 0.338 e. The first kappa shape index (κ1) is 15.7. The number of hydrogen-bond acceptors (Lipinski definition) is 3. The van der Waals surface area contributed by atoms with Crippen LogP contribution in [0, 0.1) is 11.8 Å². The predicted molar refractivity (Wildman–Crippen MR) is 93.9 cm³/mol. The Labute approximate surface area is 141 Å². The highest BCUT2D eigenvalue weighted by Gasteiger charge is 2.09. The summed E-state index contributed by atoms with van der Waals surface area (Å²) in [5.74, 6) is 7.29. The number of aryl methyl sites for hydroxylation is 1. The van der Waals surface area contributed by atoms with E-state index in [0.29, 0.717) is 12.2 Å². The van der Waals surface area contributed by atoms with Crippen LogP contribution in [0.3, 0.4) is 0 Å². The normalized spacial score (nSPS) is 12.7. The molecule has 0 bridgehead atoms. The molecule has 0 saturated carbocycles. The standard InChI is InChI=1S/C20H18O2S/c1-2-22-20(21)17-10-7-15(8-11-17)5-6-16-9-12-19-18(14-16)4-3-13-23-19/h7-12,14H,2-4,13H2,1H3. The van der Waals surface area contributed by atoms with Crippen LogP contribution in [0.15, 0.2) is 47.4 Å². The topological polar surface area (TPSA) is 26.3 Å². The van der Waals surface area contributed by atoms with Gasteiger partial charge >= 0.3 is 5.97 Å². The number of carbonyl (C=O) groups excluding carboxylic acids is 1. The van der Waals surface area contributed by atoms with Crippen molar-refractivity contribution >= 4 is 17.7 Å². The minimum absolute atomic E-state index is 0.292. The smallest absolute Gasteiger partial charge is 0.338 e. The molecule has 23 heavy (non-hydrogen) atoms. The minimum Gasteiger partial charge on any atom is -0.462 e. The number of carbonyl (C=O) groups is 1. The zero-order chi connectivity index (χ0) is 16.1. The second-order valence-electron chi connectivity index (χ2n) is 5.32. The third kappa shape index (κ3) is 3.97. The molecule has 0 radical (unpaired) electrons. The van der Waals surface area contributed by atoms with Crippen LogP contribution in [-0.2, 0) is 11.2 Å². The van der Waals surface area contributed by atoms with Crippen LogP contribution in [-0.4, -0.2) is 18.3 Å². The van der Waals surface area contributed by atoms with Gasteiger partial charge in [0.2, 0.25) is 0 Å². The first-order valence-corrected chi connectivity index (χ1v) is 8.80. The molecule has 0 N–H and O–H groups in total. The molecule has 1 aliphatic rings. The Morgan fingerprint density at radius 3 is 2.65 bits per heavy atom. The second-order valence-corrected chi connectivity index (χ2v) is 6.46. The van der Waals surface area contributed by atoms with E-state index in [-0.39, 0.29) is 5.97 Å². The second kappa shape index (κ2) is 7.39. The molecule has 2 aromatic carbocycles. The molecular weight excluding hydrogens is 304 g/mol. The Hall–Kier alpha value is -2.18. The Balaban J connectivity index is 1.75. The highest BCUT2D eigenvalue weighted by atomic mass is 32.2. The molecule has 3 rings (SSSR count). The summed E-state index contributed by atoms with van der Waals surface area (Å²) in [6.45, 7) is 2.19. The summed E-state index contributed by atoms with van der Waals surface area (Å²) >= 11 is 1.93. The predicted octanol–water partition coefficient (Wildman–Crippen LogP) is 4.30. The monoisotopic (exact) mass is 322 g/mol. The maximum atomic E-state index is 11.6. The van der Waals surface area contributed by atoms with Gasteiger partial charge < -0.3 is 4.74 Å². The molecule has 0 saturated heterocycles. The van der Waals surface area contributed by atoms with Gasteiger partial charge in [0, 0.05) is 16.0 Å². The summed E-state index contributed by atoms with van der Waals surface area (Å²) < 4.78 is 4.97. The van der Waals surface area contributed by atoms with E-state index < -0.39 is 0 Å². The van der Waals surface area contributed by atoms with Crippen LogP contribution in [0.25, 0.3) is 0 Å². The van der Waals surface area contributed by atoms with Crippen molar-refractivity contribution in [2.24, 2.45) is 0 Å². The lowest BCUT2D eigenvalue weighted by molar-refractivity contribution is 0.0526. The Morgan fingerprint density at radius 2 is 1.87 bits per heavy atom. The van der Waals surface area contributed by atoms with E-state index in [1.807, 2.05) is 23.9 Å². The quantitative estimate of drug-likeness (QED) is 0.609. The van der Waals surface area contributed by atoms with Gasteiger partial charge in [-0.3, -0.25) is 0 Å². The summed E-state index contributed by atoms with van der Waals surface area (Å²) in [6.07, 6.45) is 2.38. The van der Waals surface area contributed by atoms with Crippen molar-refractivity contribution in [1.82, 2.24) is 0 Å². The van der Waals surface area contributed by atoms with Crippen LogP contribution < -0.4 is 0 Å². The van der Waals surface area contributed by atoms with E-state index in [1.54, 1.807) is 19.1 Å². The molecule has 0 fully saturated rings. The number of esters is 1. The van der Waals surface area contributed by atoms with Crippen LogP contribution in [0.2, 0.25) is 0 Å². The van der Waals surface area contributed by atoms with E-state index in [0.717, 1.165) is 17.5 Å². The lowest BCUT2D eigenvalue weighted by Crippen LogP contribution is -2.04. The van der Waals surface area contributed by atoms with E-state index >= 15 is 0 Å². The molecule has 0 unspecified atom stereocenters. The van der Waals surface area contributed by atoms with Gasteiger partial charge in [-0.05, 0) is 73.5 Å². The van der Waals surface area contributed by atoms with E-state index in [1.165, 1.54) is 22.6 Å². The fraction of sp³-hybridized carbons (Fsp3) is 0.250. The van der Waals surface area contributed by atoms with E-state index in [9.17, 15) is 4.79 Å². The van der Waals surface area contributed by atoms with Crippen molar-refractivity contribution in [2.45, 2.75) is 24.7 Å². The summed E-state index contributed by atoms with van der Waals surface area (Å²) in [5, 5.41) is 0. The SMILES string of the molecule is CCOC(=O)c1ccc(C#Cc2ccc3c(c2)CCCS3)cc1. The number of fused-ring (bicyclic) bond motifs is 1. The Morgan fingerprint density at radius 1 is 1.13 bits per heavy atom. The van der Waals surface area contributed by atoms with Gasteiger partial charge in [-0.15, -0.1) is 11.8 Å². The molecule has 2 aromatic rings. The zero-order valence-electron chi connectivity index (χ0n) is 13.1. The van der Waals surface area contributed by atoms with Crippen molar-refractivity contribution in [2.75, 3.05) is 12.4 Å². The molecule has 0 atom stereocenters. The number of benzene rings is 2. The molecular formula is C20H18O2S. The van der Waals surface area contributed by atoms with Gasteiger partial charge in [0.25, 0.3) is 0 Å². The average molecular weight is 322 g/mol. The lowest BCUT2D eigenvalue weighted by atomic mass is 10.1. The fourth-order valence-electron chi connectivity index (χ4n) is 2.49. The molecule has 116 valence electrons. The zero-order valence-corrected chi connectivity index (χ0v) is 13.9. The summed E-state index contributed by atoms with van der Waals surface area (Å²) in [4.78, 5) is 13.0. The average Bonchev–Trinajstić information content (AvgIpc) is 2.60. The van der Waals surface area contributed by atoms with Crippen LogP contribution in [0.1, 0.15) is 40.4 Å². The van der Waals surface area contributed by atoms with Crippen molar-refractivity contribution in [3.63, 3.8) is 0 Å². The van der Waals surface area contributed by atoms with Crippen molar-refractivity contribution < 1.29 is 9.53 Å². The van der Waals surface area contributed by atoms with Gasteiger partial charge in [-0.2, -0.15) is 0 Å². The molecule has 0 aliphatic carbocycles. The van der Waals surface area contributed by atoms with Crippen molar-refractivity contribution in [1.29, 1.82) is 0 Å². The minimum atomic E-state index is -0.292. The molecule has 3 heteroatoms. The summed E-state index contributed by atoms with van der Waals surface area (Å²) in [7, 11) is 0. The molecule has 0 spiro atoms. The van der Waals surface area contributed by atoms with Gasteiger partial charge in [-0.25, -0.2) is 4.79 Å². The molecule has 1 heterocycles. The number of rotatable bonds is 2. The highest BCUT2D eigenvalue weighted by molar-refractivity contribution is 7.99. The van der Waals surface area contributed by atoms with Crippen molar-refractivity contribution in [3.8, 4) is 11.8 Å². The number of ether oxygens (including phenoxy) is 1. The molecule has 2 nitrogen and oxygen atoms in total. The van der Waals surface area contributed by atoms with Gasteiger partial charge in [0.1, 0.15) is 0 Å². The number of thioether (sulfide) groups is 1. The first-order chi connectivity index (χ1) is 11.3. The third-order valence-electron chi connectivity index (χ3n) is 3.66. The van der Waals surface area contributed by atoms with Crippen LogP contribution >= 0.6 is 11.8 Å². The maximum absolute atomic E-state index is 11.6. The Kier molecular flexibility index (Phi) is 5.05. The van der Waals surface area contributed by atoms with Crippen molar-refractivity contribution in [3.05, 3.63) is 64.7 Å².